The van der Waals surface area contributed by atoms with Crippen LogP contribution in [0.15, 0.2) is 0 Å². The molecule has 1 aliphatic carbocycles. The van der Waals surface area contributed by atoms with E-state index in [-0.39, 0.29) is 5.91 Å². The van der Waals surface area contributed by atoms with Gasteiger partial charge < -0.3 is 11.1 Å². The molecule has 0 spiro atoms. The smallest absolute Gasteiger partial charge is 0.220 e. The first-order valence-electron chi connectivity index (χ1n) is 7.02. The van der Waals surface area contributed by atoms with E-state index in [1.807, 2.05) is 0 Å². The number of nitrogens with one attached hydrogen (secondary N) is 1. The van der Waals surface area contributed by atoms with E-state index < -0.39 is 0 Å². The zero-order chi connectivity index (χ0) is 12.8. The number of carbonyl (C=O) groups is 1. The summed E-state index contributed by atoms with van der Waals surface area (Å²) in [5.74, 6) is 2.09. The van der Waals surface area contributed by atoms with E-state index in [4.69, 9.17) is 5.73 Å². The highest BCUT2D eigenvalue weighted by Gasteiger charge is 2.26. The molecule has 0 aromatic rings. The Bertz CT molecular complexity index is 242. The molecule has 1 amide bonds. The van der Waals surface area contributed by atoms with Gasteiger partial charge in [-0.1, -0.05) is 20.8 Å². The van der Waals surface area contributed by atoms with Crippen LogP contribution < -0.4 is 11.1 Å². The summed E-state index contributed by atoms with van der Waals surface area (Å²) in [6.45, 7) is 7.32. The molecule has 1 rings (SSSR count). The van der Waals surface area contributed by atoms with Crippen molar-refractivity contribution in [3.05, 3.63) is 0 Å². The van der Waals surface area contributed by atoms with E-state index in [1.165, 1.54) is 12.8 Å². The summed E-state index contributed by atoms with van der Waals surface area (Å²) in [6, 6.07) is 0.395. The van der Waals surface area contributed by atoms with Crippen molar-refractivity contribution in [1.82, 2.24) is 5.32 Å². The van der Waals surface area contributed by atoms with Crippen LogP contribution in [0.4, 0.5) is 0 Å². The average Bonchev–Trinajstić information content (AvgIpc) is 2.29. The van der Waals surface area contributed by atoms with Crippen LogP contribution in [0, 0.1) is 17.8 Å². The topological polar surface area (TPSA) is 55.1 Å². The van der Waals surface area contributed by atoms with E-state index >= 15 is 0 Å². The second-order valence-electron chi connectivity index (χ2n) is 5.95. The molecule has 0 heterocycles. The third-order valence-corrected chi connectivity index (χ3v) is 4.04. The predicted molar refractivity (Wildman–Crippen MR) is 71.6 cm³/mol. The molecular weight excluding hydrogens is 212 g/mol. The SMILES string of the molecule is CC(CN)CCC(=O)NC1CCC(C)CC1C. The monoisotopic (exact) mass is 240 g/mol. The van der Waals surface area contributed by atoms with E-state index in [1.54, 1.807) is 0 Å². The molecule has 1 aliphatic rings. The van der Waals surface area contributed by atoms with Crippen LogP contribution in [0.1, 0.15) is 52.9 Å². The molecule has 3 heteroatoms. The maximum atomic E-state index is 11.8. The van der Waals surface area contributed by atoms with Gasteiger partial charge in [-0.15, -0.1) is 0 Å². The van der Waals surface area contributed by atoms with Crippen LogP contribution in [0.5, 0.6) is 0 Å². The third kappa shape index (κ3) is 5.07. The number of carbonyl (C=O) groups excluding carboxylic acids is 1. The van der Waals surface area contributed by atoms with E-state index in [0.29, 0.717) is 30.8 Å². The van der Waals surface area contributed by atoms with Crippen LogP contribution in [0.25, 0.3) is 0 Å². The van der Waals surface area contributed by atoms with Crippen molar-refractivity contribution in [2.75, 3.05) is 6.54 Å². The number of nitrogens with two attached hydrogens (primary N) is 1. The molecule has 0 radical (unpaired) electrons. The summed E-state index contributed by atoms with van der Waals surface area (Å²) >= 11 is 0. The molecule has 100 valence electrons. The van der Waals surface area contributed by atoms with Crippen molar-refractivity contribution >= 4 is 5.91 Å². The Kier molecular flexibility index (Phi) is 5.96. The Hall–Kier alpha value is -0.570. The van der Waals surface area contributed by atoms with E-state index in [9.17, 15) is 4.79 Å². The van der Waals surface area contributed by atoms with Gasteiger partial charge in [0, 0.05) is 12.5 Å². The van der Waals surface area contributed by atoms with Gasteiger partial charge in [0.2, 0.25) is 5.91 Å². The first-order valence-corrected chi connectivity index (χ1v) is 7.02. The van der Waals surface area contributed by atoms with Gasteiger partial charge >= 0.3 is 0 Å². The van der Waals surface area contributed by atoms with Crippen LogP contribution in [-0.2, 0) is 4.79 Å². The molecule has 0 aromatic heterocycles. The summed E-state index contributed by atoms with van der Waals surface area (Å²) in [5, 5.41) is 3.19. The lowest BCUT2D eigenvalue weighted by Gasteiger charge is -2.33. The Balaban J connectivity index is 2.26. The quantitative estimate of drug-likeness (QED) is 0.774. The van der Waals surface area contributed by atoms with Crippen LogP contribution in [-0.4, -0.2) is 18.5 Å². The molecule has 4 atom stereocenters. The fourth-order valence-corrected chi connectivity index (χ4v) is 2.65. The summed E-state index contributed by atoms with van der Waals surface area (Å²) < 4.78 is 0. The molecular formula is C14H28N2O. The zero-order valence-electron chi connectivity index (χ0n) is 11.5. The number of hydrogen-bond acceptors (Lipinski definition) is 2. The molecule has 4 unspecified atom stereocenters. The second kappa shape index (κ2) is 7.00. The molecule has 0 saturated heterocycles. The summed E-state index contributed by atoms with van der Waals surface area (Å²) in [6.07, 6.45) is 5.15. The Morgan fingerprint density at radius 2 is 2.12 bits per heavy atom. The van der Waals surface area contributed by atoms with Crippen molar-refractivity contribution in [1.29, 1.82) is 0 Å². The fourth-order valence-electron chi connectivity index (χ4n) is 2.65. The van der Waals surface area contributed by atoms with Gasteiger partial charge in [0.05, 0.1) is 0 Å². The van der Waals surface area contributed by atoms with Crippen molar-refractivity contribution in [2.24, 2.45) is 23.5 Å². The van der Waals surface area contributed by atoms with Crippen molar-refractivity contribution in [2.45, 2.75) is 58.9 Å². The first kappa shape index (κ1) is 14.5. The molecule has 0 bridgehead atoms. The highest BCUT2D eigenvalue weighted by atomic mass is 16.1. The number of hydrogen-bond donors (Lipinski definition) is 2. The van der Waals surface area contributed by atoms with E-state index in [2.05, 4.69) is 26.1 Å². The van der Waals surface area contributed by atoms with E-state index in [0.717, 1.165) is 18.8 Å². The lowest BCUT2D eigenvalue weighted by molar-refractivity contribution is -0.122. The Morgan fingerprint density at radius 1 is 1.41 bits per heavy atom. The molecule has 1 fully saturated rings. The molecule has 3 nitrogen and oxygen atoms in total. The van der Waals surface area contributed by atoms with Gasteiger partial charge in [-0.2, -0.15) is 0 Å². The lowest BCUT2D eigenvalue weighted by Crippen LogP contribution is -2.42. The normalized spacial score (nSPS) is 30.9. The summed E-state index contributed by atoms with van der Waals surface area (Å²) in [4.78, 5) is 11.8. The van der Waals surface area contributed by atoms with Gasteiger partial charge in [0.15, 0.2) is 0 Å². The highest BCUT2D eigenvalue weighted by molar-refractivity contribution is 5.76. The average molecular weight is 240 g/mol. The van der Waals surface area contributed by atoms with Crippen LogP contribution >= 0.6 is 0 Å². The molecule has 0 aromatic carbocycles. The van der Waals surface area contributed by atoms with Gasteiger partial charge in [0.1, 0.15) is 0 Å². The third-order valence-electron chi connectivity index (χ3n) is 4.04. The van der Waals surface area contributed by atoms with Crippen molar-refractivity contribution in [3.8, 4) is 0 Å². The number of rotatable bonds is 5. The largest absolute Gasteiger partial charge is 0.353 e. The molecule has 3 N–H and O–H groups in total. The Labute approximate surface area is 106 Å². The van der Waals surface area contributed by atoms with Crippen molar-refractivity contribution in [3.63, 3.8) is 0 Å². The first-order chi connectivity index (χ1) is 8.02. The summed E-state index contributed by atoms with van der Waals surface area (Å²) in [5.41, 5.74) is 5.55. The summed E-state index contributed by atoms with van der Waals surface area (Å²) in [7, 11) is 0. The standard InChI is InChI=1S/C14H28N2O/c1-10-4-6-13(12(3)8-10)16-14(17)7-5-11(2)9-15/h10-13H,4-9,15H2,1-3H3,(H,16,17). The molecule has 1 saturated carbocycles. The minimum Gasteiger partial charge on any atom is -0.353 e. The zero-order valence-corrected chi connectivity index (χ0v) is 11.5. The maximum Gasteiger partial charge on any atom is 0.220 e. The minimum absolute atomic E-state index is 0.205. The maximum absolute atomic E-state index is 11.8. The predicted octanol–water partition coefficient (Wildman–Crippen LogP) is 2.30. The molecule has 17 heavy (non-hydrogen) atoms. The Morgan fingerprint density at radius 3 is 2.71 bits per heavy atom. The van der Waals surface area contributed by atoms with Gasteiger partial charge in [-0.05, 0) is 50.0 Å². The lowest BCUT2D eigenvalue weighted by atomic mass is 9.80. The second-order valence-corrected chi connectivity index (χ2v) is 5.95. The fraction of sp³-hybridized carbons (Fsp3) is 0.929. The van der Waals surface area contributed by atoms with Gasteiger partial charge in [-0.3, -0.25) is 4.79 Å². The number of amides is 1. The van der Waals surface area contributed by atoms with Gasteiger partial charge in [-0.25, -0.2) is 0 Å². The van der Waals surface area contributed by atoms with Crippen molar-refractivity contribution < 1.29 is 4.79 Å². The van der Waals surface area contributed by atoms with Crippen LogP contribution in [0.3, 0.4) is 0 Å². The minimum atomic E-state index is 0.205. The molecule has 0 aliphatic heterocycles. The van der Waals surface area contributed by atoms with Crippen LogP contribution in [0.2, 0.25) is 0 Å². The highest BCUT2D eigenvalue weighted by Crippen LogP contribution is 2.28. The van der Waals surface area contributed by atoms with Gasteiger partial charge in [0.25, 0.3) is 0 Å².